The van der Waals surface area contributed by atoms with Crippen molar-refractivity contribution in [2.45, 2.75) is 17.6 Å². The fraction of sp³-hybridized carbons (Fsp3) is 0.263. The SMILES string of the molecule is COC(=O)C1CSC(c2ccc(C(F)(F)F)cc2)N1C(=O)c1ccc(Cl)c(Cl)c1. The molecule has 1 aliphatic rings. The Morgan fingerprint density at radius 1 is 1.10 bits per heavy atom. The predicted molar refractivity (Wildman–Crippen MR) is 105 cm³/mol. The van der Waals surface area contributed by atoms with Crippen LogP contribution >= 0.6 is 35.0 Å². The van der Waals surface area contributed by atoms with E-state index in [0.717, 1.165) is 12.1 Å². The van der Waals surface area contributed by atoms with E-state index in [1.807, 2.05) is 0 Å². The number of hydrogen-bond donors (Lipinski definition) is 0. The quantitative estimate of drug-likeness (QED) is 0.568. The van der Waals surface area contributed by atoms with Crippen molar-refractivity contribution in [3.8, 4) is 0 Å². The third-order valence-corrected chi connectivity index (χ3v) is 6.46. The van der Waals surface area contributed by atoms with E-state index in [1.165, 1.54) is 54.1 Å². The number of nitrogens with zero attached hydrogens (tertiary/aromatic N) is 1. The number of rotatable bonds is 3. The average Bonchev–Trinajstić information content (AvgIpc) is 3.13. The molecular formula is C19H14Cl2F3NO3S. The van der Waals surface area contributed by atoms with Crippen LogP contribution in [-0.2, 0) is 15.7 Å². The van der Waals surface area contributed by atoms with Gasteiger partial charge in [-0.1, -0.05) is 35.3 Å². The predicted octanol–water partition coefficient (Wildman–Crippen LogP) is 5.44. The molecule has 0 aliphatic carbocycles. The fourth-order valence-corrected chi connectivity index (χ4v) is 4.66. The molecule has 29 heavy (non-hydrogen) atoms. The molecule has 1 fully saturated rings. The van der Waals surface area contributed by atoms with Gasteiger partial charge in [0.15, 0.2) is 0 Å². The van der Waals surface area contributed by atoms with Gasteiger partial charge in [0, 0.05) is 11.3 Å². The van der Waals surface area contributed by atoms with Crippen molar-refractivity contribution < 1.29 is 27.5 Å². The Balaban J connectivity index is 1.98. The van der Waals surface area contributed by atoms with Crippen LogP contribution in [0.2, 0.25) is 10.0 Å². The first-order chi connectivity index (χ1) is 13.6. The highest BCUT2D eigenvalue weighted by Crippen LogP contribution is 2.43. The van der Waals surface area contributed by atoms with Gasteiger partial charge in [-0.2, -0.15) is 13.2 Å². The number of halogens is 5. The summed E-state index contributed by atoms with van der Waals surface area (Å²) in [4.78, 5) is 26.7. The molecule has 1 aliphatic heterocycles. The van der Waals surface area contributed by atoms with Gasteiger partial charge in [0.25, 0.3) is 5.91 Å². The highest BCUT2D eigenvalue weighted by Gasteiger charge is 2.43. The van der Waals surface area contributed by atoms with Gasteiger partial charge in [-0.25, -0.2) is 4.79 Å². The van der Waals surface area contributed by atoms with Crippen molar-refractivity contribution in [2.24, 2.45) is 0 Å². The second-order valence-corrected chi connectivity index (χ2v) is 8.11. The molecule has 0 spiro atoms. The highest BCUT2D eigenvalue weighted by atomic mass is 35.5. The number of methoxy groups -OCH3 is 1. The molecule has 1 amide bonds. The van der Waals surface area contributed by atoms with E-state index in [0.29, 0.717) is 5.56 Å². The number of ether oxygens (including phenoxy) is 1. The average molecular weight is 464 g/mol. The minimum Gasteiger partial charge on any atom is -0.467 e. The fourth-order valence-electron chi connectivity index (χ4n) is 2.94. The molecule has 2 aromatic rings. The van der Waals surface area contributed by atoms with Crippen LogP contribution in [-0.4, -0.2) is 35.7 Å². The van der Waals surface area contributed by atoms with Gasteiger partial charge in [0.2, 0.25) is 0 Å². The maximum Gasteiger partial charge on any atom is 0.416 e. The van der Waals surface area contributed by atoms with E-state index in [-0.39, 0.29) is 21.4 Å². The molecule has 0 N–H and O–H groups in total. The Hall–Kier alpha value is -1.90. The summed E-state index contributed by atoms with van der Waals surface area (Å²) in [5.74, 6) is -0.875. The van der Waals surface area contributed by atoms with Crippen LogP contribution in [0.15, 0.2) is 42.5 Å². The molecule has 0 saturated carbocycles. The Kier molecular flexibility index (Phi) is 6.36. The lowest BCUT2D eigenvalue weighted by atomic mass is 10.1. The molecule has 2 unspecified atom stereocenters. The molecule has 10 heteroatoms. The Labute approximate surface area is 178 Å². The molecule has 1 saturated heterocycles. The Bertz CT molecular complexity index is 937. The number of carbonyl (C=O) groups is 2. The van der Waals surface area contributed by atoms with Crippen molar-refractivity contribution in [3.05, 3.63) is 69.2 Å². The zero-order valence-electron chi connectivity index (χ0n) is 14.9. The molecule has 0 radical (unpaired) electrons. The van der Waals surface area contributed by atoms with Crippen molar-refractivity contribution in [3.63, 3.8) is 0 Å². The third kappa shape index (κ3) is 4.49. The van der Waals surface area contributed by atoms with Crippen LogP contribution in [0.1, 0.15) is 26.9 Å². The smallest absolute Gasteiger partial charge is 0.416 e. The van der Waals surface area contributed by atoms with Crippen LogP contribution in [0.5, 0.6) is 0 Å². The Morgan fingerprint density at radius 2 is 1.76 bits per heavy atom. The number of amides is 1. The summed E-state index contributed by atoms with van der Waals surface area (Å²) in [5.41, 5.74) is -0.133. The molecule has 2 aromatic carbocycles. The van der Waals surface area contributed by atoms with Crippen molar-refractivity contribution in [2.75, 3.05) is 12.9 Å². The van der Waals surface area contributed by atoms with Crippen LogP contribution < -0.4 is 0 Å². The summed E-state index contributed by atoms with van der Waals surface area (Å²) in [6.07, 6.45) is -4.47. The van der Waals surface area contributed by atoms with E-state index < -0.39 is 35.0 Å². The first kappa shape index (κ1) is 21.8. The lowest BCUT2D eigenvalue weighted by Gasteiger charge is -2.28. The number of esters is 1. The molecule has 1 heterocycles. The lowest BCUT2D eigenvalue weighted by molar-refractivity contribution is -0.145. The van der Waals surface area contributed by atoms with Crippen LogP contribution in [0.3, 0.4) is 0 Å². The second kappa shape index (κ2) is 8.45. The summed E-state index contributed by atoms with van der Waals surface area (Å²) in [5, 5.41) is -0.226. The van der Waals surface area contributed by atoms with E-state index in [9.17, 15) is 22.8 Å². The molecule has 0 bridgehead atoms. The van der Waals surface area contributed by atoms with Crippen molar-refractivity contribution in [1.82, 2.24) is 4.90 Å². The van der Waals surface area contributed by atoms with Gasteiger partial charge in [0.1, 0.15) is 11.4 Å². The van der Waals surface area contributed by atoms with E-state index >= 15 is 0 Å². The van der Waals surface area contributed by atoms with E-state index in [4.69, 9.17) is 27.9 Å². The number of carbonyl (C=O) groups excluding carboxylic acids is 2. The summed E-state index contributed by atoms with van der Waals surface area (Å²) in [6, 6.07) is 7.92. The first-order valence-corrected chi connectivity index (χ1v) is 10.1. The first-order valence-electron chi connectivity index (χ1n) is 8.27. The zero-order chi connectivity index (χ0) is 21.3. The minimum atomic E-state index is -4.47. The molecule has 4 nitrogen and oxygen atoms in total. The van der Waals surface area contributed by atoms with E-state index in [2.05, 4.69) is 0 Å². The maximum absolute atomic E-state index is 13.2. The summed E-state index contributed by atoms with van der Waals surface area (Å²) >= 11 is 13.2. The third-order valence-electron chi connectivity index (χ3n) is 4.40. The number of thioether (sulfide) groups is 1. The van der Waals surface area contributed by atoms with Crippen molar-refractivity contribution >= 4 is 46.8 Å². The number of benzene rings is 2. The van der Waals surface area contributed by atoms with Crippen molar-refractivity contribution in [1.29, 1.82) is 0 Å². The summed E-state index contributed by atoms with van der Waals surface area (Å²) in [6.45, 7) is 0. The largest absolute Gasteiger partial charge is 0.467 e. The summed E-state index contributed by atoms with van der Waals surface area (Å²) < 4.78 is 43.4. The van der Waals surface area contributed by atoms with Crippen LogP contribution in [0.4, 0.5) is 13.2 Å². The van der Waals surface area contributed by atoms with Crippen LogP contribution in [0.25, 0.3) is 0 Å². The second-order valence-electron chi connectivity index (χ2n) is 6.19. The molecular weight excluding hydrogens is 450 g/mol. The molecule has 154 valence electrons. The maximum atomic E-state index is 13.2. The van der Waals surface area contributed by atoms with Gasteiger partial charge in [0.05, 0.1) is 22.7 Å². The van der Waals surface area contributed by atoms with Crippen LogP contribution in [0, 0.1) is 0 Å². The Morgan fingerprint density at radius 3 is 2.31 bits per heavy atom. The van der Waals surface area contributed by atoms with Gasteiger partial charge < -0.3 is 9.64 Å². The van der Waals surface area contributed by atoms with Gasteiger partial charge in [-0.05, 0) is 35.9 Å². The monoisotopic (exact) mass is 463 g/mol. The topological polar surface area (TPSA) is 46.6 Å². The molecule has 0 aromatic heterocycles. The number of alkyl halides is 3. The lowest BCUT2D eigenvalue weighted by Crippen LogP contribution is -2.43. The summed E-state index contributed by atoms with van der Waals surface area (Å²) in [7, 11) is 1.21. The van der Waals surface area contributed by atoms with Gasteiger partial charge >= 0.3 is 12.1 Å². The van der Waals surface area contributed by atoms with E-state index in [1.54, 1.807) is 0 Å². The molecule has 2 atom stereocenters. The minimum absolute atomic E-state index is 0.171. The number of hydrogen-bond acceptors (Lipinski definition) is 4. The van der Waals surface area contributed by atoms with Gasteiger partial charge in [-0.3, -0.25) is 4.79 Å². The highest BCUT2D eigenvalue weighted by molar-refractivity contribution is 7.99. The standard InChI is InChI=1S/C19H14Cl2F3NO3S/c1-28-18(27)15-9-29-17(10-2-5-12(6-3-10)19(22,23)24)25(15)16(26)11-4-7-13(20)14(21)8-11/h2-8,15,17H,9H2,1H3. The zero-order valence-corrected chi connectivity index (χ0v) is 17.2. The van der Waals surface area contributed by atoms with Gasteiger partial charge in [-0.15, -0.1) is 11.8 Å². The normalized spacial score (nSPS) is 19.3. The molecule has 3 rings (SSSR count).